The van der Waals surface area contributed by atoms with Crippen LogP contribution in [0.2, 0.25) is 0 Å². The molecule has 15 heavy (non-hydrogen) atoms. The van der Waals surface area contributed by atoms with Crippen molar-refractivity contribution in [2.75, 3.05) is 25.4 Å². The zero-order valence-electron chi connectivity index (χ0n) is 8.64. The lowest BCUT2D eigenvalue weighted by atomic mass is 10.3. The molecule has 1 amide bonds. The second-order valence-electron chi connectivity index (χ2n) is 3.05. The molecule has 84 valence electrons. The number of hydrogen-bond acceptors (Lipinski definition) is 5. The van der Waals surface area contributed by atoms with E-state index < -0.39 is 0 Å². The van der Waals surface area contributed by atoms with Crippen LogP contribution in [-0.2, 0) is 11.2 Å². The van der Waals surface area contributed by atoms with Gasteiger partial charge in [0.1, 0.15) is 0 Å². The zero-order chi connectivity index (χ0) is 11.3. The van der Waals surface area contributed by atoms with Crippen LogP contribution in [0, 0.1) is 0 Å². The summed E-state index contributed by atoms with van der Waals surface area (Å²) < 4.78 is 0. The third-order valence-corrected chi connectivity index (χ3v) is 2.73. The highest BCUT2D eigenvalue weighted by atomic mass is 32.1. The third kappa shape index (κ3) is 3.49. The lowest BCUT2D eigenvalue weighted by Gasteiger charge is -2.18. The quantitative estimate of drug-likeness (QED) is 0.751. The maximum absolute atomic E-state index is 11.7. The smallest absolute Gasteiger partial charge is 0.228 e. The molecule has 6 heteroatoms. The molecule has 5 nitrogen and oxygen atoms in total. The van der Waals surface area contributed by atoms with E-state index in [0.717, 1.165) is 0 Å². The highest BCUT2D eigenvalue weighted by Gasteiger charge is 2.13. The summed E-state index contributed by atoms with van der Waals surface area (Å²) in [4.78, 5) is 17.3. The minimum Gasteiger partial charge on any atom is -0.395 e. The number of aromatic nitrogens is 1. The number of nitrogens with zero attached hydrogens (tertiary/aromatic N) is 2. The molecular weight excluding hydrogens is 214 g/mol. The van der Waals surface area contributed by atoms with Crippen LogP contribution in [0.25, 0.3) is 0 Å². The molecule has 0 aromatic carbocycles. The summed E-state index contributed by atoms with van der Waals surface area (Å²) in [6.07, 6.45) is 0.252. The minimum absolute atomic E-state index is 0.0151. The number of nitrogens with two attached hydrogens (primary N) is 1. The van der Waals surface area contributed by atoms with Gasteiger partial charge in [0.2, 0.25) is 5.91 Å². The Morgan fingerprint density at radius 1 is 1.73 bits per heavy atom. The van der Waals surface area contributed by atoms with Crippen molar-refractivity contribution >= 4 is 22.4 Å². The molecule has 0 aliphatic carbocycles. The molecule has 0 saturated carbocycles. The van der Waals surface area contributed by atoms with Gasteiger partial charge in [-0.25, -0.2) is 4.98 Å². The summed E-state index contributed by atoms with van der Waals surface area (Å²) in [6.45, 7) is 2.83. The van der Waals surface area contributed by atoms with Crippen molar-refractivity contribution in [3.63, 3.8) is 0 Å². The van der Waals surface area contributed by atoms with Gasteiger partial charge in [0.25, 0.3) is 0 Å². The first-order valence-corrected chi connectivity index (χ1v) is 5.63. The van der Waals surface area contributed by atoms with Gasteiger partial charge in [0.05, 0.1) is 18.7 Å². The first-order chi connectivity index (χ1) is 7.17. The number of aliphatic hydroxyl groups is 1. The second-order valence-corrected chi connectivity index (χ2v) is 3.94. The van der Waals surface area contributed by atoms with Crippen LogP contribution in [-0.4, -0.2) is 40.6 Å². The van der Waals surface area contributed by atoms with Crippen LogP contribution in [0.3, 0.4) is 0 Å². The number of rotatable bonds is 5. The predicted molar refractivity (Wildman–Crippen MR) is 59.6 cm³/mol. The van der Waals surface area contributed by atoms with Gasteiger partial charge in [-0.15, -0.1) is 11.3 Å². The summed E-state index contributed by atoms with van der Waals surface area (Å²) in [6, 6.07) is 0. The van der Waals surface area contributed by atoms with Crippen molar-refractivity contribution in [3.8, 4) is 0 Å². The highest BCUT2D eigenvalue weighted by Crippen LogP contribution is 2.12. The van der Waals surface area contributed by atoms with Crippen molar-refractivity contribution in [1.29, 1.82) is 0 Å². The highest BCUT2D eigenvalue weighted by molar-refractivity contribution is 7.13. The molecule has 0 radical (unpaired) electrons. The molecule has 0 spiro atoms. The van der Waals surface area contributed by atoms with Crippen LogP contribution < -0.4 is 5.73 Å². The summed E-state index contributed by atoms with van der Waals surface area (Å²) in [7, 11) is 0. The average Bonchev–Trinajstić information content (AvgIpc) is 2.60. The Hall–Kier alpha value is -1.14. The molecule has 3 N–H and O–H groups in total. The standard InChI is InChI=1S/C9H15N3O2S/c1-2-12(3-4-13)8(14)5-7-6-15-9(10)11-7/h6,13H,2-5H2,1H3,(H2,10,11). The number of thiazole rings is 1. The molecule has 0 saturated heterocycles. The van der Waals surface area contributed by atoms with E-state index in [2.05, 4.69) is 4.98 Å². The van der Waals surface area contributed by atoms with E-state index >= 15 is 0 Å². The van der Waals surface area contributed by atoms with E-state index in [-0.39, 0.29) is 18.9 Å². The van der Waals surface area contributed by atoms with Crippen molar-refractivity contribution in [3.05, 3.63) is 11.1 Å². The molecule has 1 aromatic rings. The molecule has 1 heterocycles. The maximum atomic E-state index is 11.7. The summed E-state index contributed by atoms with van der Waals surface area (Å²) in [5.74, 6) is -0.0307. The summed E-state index contributed by atoms with van der Waals surface area (Å²) in [5, 5.41) is 11.0. The fourth-order valence-corrected chi connectivity index (χ4v) is 1.81. The molecule has 0 unspecified atom stereocenters. The summed E-state index contributed by atoms with van der Waals surface area (Å²) >= 11 is 1.33. The average molecular weight is 229 g/mol. The Morgan fingerprint density at radius 2 is 2.47 bits per heavy atom. The molecule has 1 aromatic heterocycles. The largest absolute Gasteiger partial charge is 0.395 e. The van der Waals surface area contributed by atoms with Gasteiger partial charge in [0, 0.05) is 18.5 Å². The number of nitrogen functional groups attached to an aromatic ring is 1. The Bertz CT molecular complexity index is 327. The maximum Gasteiger partial charge on any atom is 0.228 e. The third-order valence-electron chi connectivity index (χ3n) is 2.01. The van der Waals surface area contributed by atoms with Crippen molar-refractivity contribution in [2.45, 2.75) is 13.3 Å². The van der Waals surface area contributed by atoms with E-state index in [1.165, 1.54) is 11.3 Å². The Morgan fingerprint density at radius 3 is 2.93 bits per heavy atom. The Labute approximate surface area is 92.5 Å². The van der Waals surface area contributed by atoms with Crippen LogP contribution in [0.15, 0.2) is 5.38 Å². The molecule has 1 rings (SSSR count). The summed E-state index contributed by atoms with van der Waals surface area (Å²) in [5.41, 5.74) is 6.16. The normalized spacial score (nSPS) is 10.3. The van der Waals surface area contributed by atoms with Crippen LogP contribution in [0.5, 0.6) is 0 Å². The number of likely N-dealkylation sites (N-methyl/N-ethyl adjacent to an activating group) is 1. The topological polar surface area (TPSA) is 79.5 Å². The van der Waals surface area contributed by atoms with Crippen LogP contribution >= 0.6 is 11.3 Å². The SMILES string of the molecule is CCN(CCO)C(=O)Cc1csc(N)n1. The Kier molecular flexibility index (Phi) is 4.51. The zero-order valence-corrected chi connectivity index (χ0v) is 9.46. The van der Waals surface area contributed by atoms with Crippen molar-refractivity contribution in [1.82, 2.24) is 9.88 Å². The lowest BCUT2D eigenvalue weighted by molar-refractivity contribution is -0.130. The monoisotopic (exact) mass is 229 g/mol. The van der Waals surface area contributed by atoms with E-state index in [0.29, 0.717) is 23.9 Å². The van der Waals surface area contributed by atoms with Gasteiger partial charge < -0.3 is 15.7 Å². The molecule has 0 fully saturated rings. The van der Waals surface area contributed by atoms with Gasteiger partial charge >= 0.3 is 0 Å². The number of amides is 1. The first kappa shape index (κ1) is 11.9. The second kappa shape index (κ2) is 5.67. The number of carbonyl (C=O) groups excluding carboxylic acids is 1. The van der Waals surface area contributed by atoms with E-state index in [1.54, 1.807) is 10.3 Å². The van der Waals surface area contributed by atoms with Crippen LogP contribution in [0.4, 0.5) is 5.13 Å². The number of hydrogen-bond donors (Lipinski definition) is 2. The van der Waals surface area contributed by atoms with E-state index in [9.17, 15) is 4.79 Å². The number of carbonyl (C=O) groups is 1. The van der Waals surface area contributed by atoms with Gasteiger partial charge in [0.15, 0.2) is 5.13 Å². The predicted octanol–water partition coefficient (Wildman–Crippen LogP) is 0.109. The lowest BCUT2D eigenvalue weighted by Crippen LogP contribution is -2.34. The fourth-order valence-electron chi connectivity index (χ4n) is 1.25. The Balaban J connectivity index is 2.53. The number of anilines is 1. The van der Waals surface area contributed by atoms with Gasteiger partial charge in [-0.3, -0.25) is 4.79 Å². The first-order valence-electron chi connectivity index (χ1n) is 4.76. The number of aliphatic hydroxyl groups excluding tert-OH is 1. The molecular formula is C9H15N3O2S. The van der Waals surface area contributed by atoms with Crippen molar-refractivity contribution in [2.24, 2.45) is 0 Å². The van der Waals surface area contributed by atoms with Gasteiger partial charge in [-0.2, -0.15) is 0 Å². The van der Waals surface area contributed by atoms with Gasteiger partial charge in [-0.05, 0) is 6.92 Å². The van der Waals surface area contributed by atoms with E-state index in [4.69, 9.17) is 10.8 Å². The molecule has 0 atom stereocenters. The molecule has 0 aliphatic rings. The molecule has 0 aliphatic heterocycles. The van der Waals surface area contributed by atoms with Gasteiger partial charge in [-0.1, -0.05) is 0 Å². The van der Waals surface area contributed by atoms with Crippen molar-refractivity contribution < 1.29 is 9.90 Å². The minimum atomic E-state index is -0.0307. The van der Waals surface area contributed by atoms with E-state index in [1.807, 2.05) is 6.92 Å². The fraction of sp³-hybridized carbons (Fsp3) is 0.556. The van der Waals surface area contributed by atoms with Crippen LogP contribution in [0.1, 0.15) is 12.6 Å². The molecule has 0 bridgehead atoms.